The largest absolute Gasteiger partial charge is 0.462 e. The molecule has 0 fully saturated rings. The summed E-state index contributed by atoms with van der Waals surface area (Å²) in [5.41, 5.74) is 1.84. The Morgan fingerprint density at radius 3 is 2.90 bits per heavy atom. The highest BCUT2D eigenvalue weighted by Gasteiger charge is 2.26. The Kier molecular flexibility index (Phi) is 5.14. The van der Waals surface area contributed by atoms with Crippen molar-refractivity contribution in [2.75, 3.05) is 31.8 Å². The average Bonchev–Trinajstić information content (AvgIpc) is 2.42. The van der Waals surface area contributed by atoms with E-state index in [1.54, 1.807) is 0 Å². The maximum atomic E-state index is 12.0. The summed E-state index contributed by atoms with van der Waals surface area (Å²) in [5.74, 6) is -0.477. The Morgan fingerprint density at radius 2 is 2.15 bits per heavy atom. The van der Waals surface area contributed by atoms with Crippen molar-refractivity contribution < 1.29 is 19.1 Å². The molecule has 0 spiro atoms. The molecule has 0 saturated carbocycles. The number of ether oxygens (including phenoxy) is 2. The van der Waals surface area contributed by atoms with Crippen molar-refractivity contribution in [2.24, 2.45) is 0 Å². The highest BCUT2D eigenvalue weighted by molar-refractivity contribution is 9.10. The van der Waals surface area contributed by atoms with Gasteiger partial charge < -0.3 is 14.4 Å². The molecule has 6 heteroatoms. The Balaban J connectivity index is 2.07. The number of carbonyl (C=O) groups excluding carboxylic acids is 2. The van der Waals surface area contributed by atoms with Crippen molar-refractivity contribution in [3.63, 3.8) is 0 Å². The molecule has 1 heterocycles. The first-order valence-corrected chi connectivity index (χ1v) is 7.14. The minimum absolute atomic E-state index is 0.0523. The van der Waals surface area contributed by atoms with Gasteiger partial charge in [-0.3, -0.25) is 9.59 Å². The molecule has 0 N–H and O–H groups in total. The van der Waals surface area contributed by atoms with Gasteiger partial charge in [-0.2, -0.15) is 0 Å². The van der Waals surface area contributed by atoms with E-state index in [4.69, 9.17) is 9.47 Å². The van der Waals surface area contributed by atoms with Crippen molar-refractivity contribution in [3.05, 3.63) is 28.2 Å². The smallest absolute Gasteiger partial charge is 0.326 e. The van der Waals surface area contributed by atoms with Gasteiger partial charge in [0.05, 0.1) is 6.61 Å². The third kappa shape index (κ3) is 3.58. The van der Waals surface area contributed by atoms with Crippen molar-refractivity contribution in [1.82, 2.24) is 0 Å². The molecular weight excluding hydrogens is 326 g/mol. The molecule has 0 aromatic heterocycles. The number of benzene rings is 1. The Bertz CT molecular complexity index is 518. The fraction of sp³-hybridized carbons (Fsp3) is 0.429. The van der Waals surface area contributed by atoms with E-state index in [2.05, 4.69) is 15.9 Å². The first-order valence-electron chi connectivity index (χ1n) is 6.35. The van der Waals surface area contributed by atoms with Crippen LogP contribution >= 0.6 is 15.9 Å². The summed E-state index contributed by atoms with van der Waals surface area (Å²) in [7, 11) is 1.54. The molecule has 0 atom stereocenters. The lowest BCUT2D eigenvalue weighted by Crippen LogP contribution is -2.39. The van der Waals surface area contributed by atoms with E-state index in [0.717, 1.165) is 15.7 Å². The maximum absolute atomic E-state index is 12.0. The van der Waals surface area contributed by atoms with Gasteiger partial charge in [-0.25, -0.2) is 0 Å². The van der Waals surface area contributed by atoms with Crippen LogP contribution in [0.4, 0.5) is 5.69 Å². The second-order valence-corrected chi connectivity index (χ2v) is 5.38. The second kappa shape index (κ2) is 6.85. The van der Waals surface area contributed by atoms with Crippen LogP contribution in [0, 0.1) is 0 Å². The molecule has 0 radical (unpaired) electrons. The molecule has 1 aromatic rings. The Hall–Kier alpha value is -1.40. The normalized spacial score (nSPS) is 14.1. The standard InChI is InChI=1S/C14H16BrNO4/c1-19-6-7-20-14(18)9-16-12-4-3-11(15)8-10(12)2-5-13(16)17/h3-4,8H,2,5-7,9H2,1H3. The molecule has 1 aliphatic rings. The van der Waals surface area contributed by atoms with E-state index in [1.165, 1.54) is 12.0 Å². The van der Waals surface area contributed by atoms with Crippen LogP contribution in [0.25, 0.3) is 0 Å². The maximum Gasteiger partial charge on any atom is 0.326 e. The van der Waals surface area contributed by atoms with Crippen LogP contribution in [0.3, 0.4) is 0 Å². The molecule has 2 rings (SSSR count). The zero-order chi connectivity index (χ0) is 14.5. The molecule has 1 aromatic carbocycles. The lowest BCUT2D eigenvalue weighted by Gasteiger charge is -2.28. The van der Waals surface area contributed by atoms with E-state index in [-0.39, 0.29) is 19.1 Å². The van der Waals surface area contributed by atoms with Gasteiger partial charge in [-0.1, -0.05) is 15.9 Å². The molecule has 5 nitrogen and oxygen atoms in total. The number of aryl methyl sites for hydroxylation is 1. The summed E-state index contributed by atoms with van der Waals surface area (Å²) in [4.78, 5) is 25.2. The quantitative estimate of drug-likeness (QED) is 0.606. The van der Waals surface area contributed by atoms with Crippen molar-refractivity contribution in [1.29, 1.82) is 0 Å². The van der Waals surface area contributed by atoms with Crippen LogP contribution in [-0.2, 0) is 25.5 Å². The second-order valence-electron chi connectivity index (χ2n) is 4.47. The van der Waals surface area contributed by atoms with E-state index < -0.39 is 5.97 Å². The van der Waals surface area contributed by atoms with E-state index >= 15 is 0 Å². The number of esters is 1. The average molecular weight is 342 g/mol. The van der Waals surface area contributed by atoms with Gasteiger partial charge in [0.1, 0.15) is 13.2 Å². The van der Waals surface area contributed by atoms with Crippen molar-refractivity contribution in [3.8, 4) is 0 Å². The molecule has 0 aliphatic carbocycles. The van der Waals surface area contributed by atoms with Crippen LogP contribution in [0.1, 0.15) is 12.0 Å². The lowest BCUT2D eigenvalue weighted by molar-refractivity contribution is -0.144. The van der Waals surface area contributed by atoms with Gasteiger partial charge in [0.25, 0.3) is 0 Å². The highest BCUT2D eigenvalue weighted by atomic mass is 79.9. The number of fused-ring (bicyclic) bond motifs is 1. The SMILES string of the molecule is COCCOC(=O)CN1C(=O)CCc2cc(Br)ccc21. The van der Waals surface area contributed by atoms with Gasteiger partial charge in [-0.05, 0) is 30.2 Å². The minimum atomic E-state index is -0.425. The summed E-state index contributed by atoms with van der Waals surface area (Å²) in [6, 6.07) is 5.69. The van der Waals surface area contributed by atoms with Crippen LogP contribution in [0.15, 0.2) is 22.7 Å². The third-order valence-corrected chi connectivity index (χ3v) is 3.57. The number of hydrogen-bond acceptors (Lipinski definition) is 4. The van der Waals surface area contributed by atoms with Crippen LogP contribution in [0.2, 0.25) is 0 Å². The molecule has 0 saturated heterocycles. The van der Waals surface area contributed by atoms with Crippen molar-refractivity contribution in [2.45, 2.75) is 12.8 Å². The number of methoxy groups -OCH3 is 1. The Labute approximate surface area is 126 Å². The fourth-order valence-electron chi connectivity index (χ4n) is 2.12. The molecule has 108 valence electrons. The number of rotatable bonds is 5. The number of nitrogens with zero attached hydrogens (tertiary/aromatic N) is 1. The summed E-state index contributed by atoms with van der Waals surface area (Å²) < 4.78 is 10.8. The van der Waals surface area contributed by atoms with Gasteiger partial charge in [0.15, 0.2) is 0 Å². The monoisotopic (exact) mass is 341 g/mol. The van der Waals surface area contributed by atoms with Gasteiger partial charge in [0.2, 0.25) is 5.91 Å². The number of hydrogen-bond donors (Lipinski definition) is 0. The number of carbonyl (C=O) groups is 2. The fourth-order valence-corrected chi connectivity index (χ4v) is 2.52. The zero-order valence-electron chi connectivity index (χ0n) is 11.2. The van der Waals surface area contributed by atoms with Crippen LogP contribution < -0.4 is 4.90 Å². The van der Waals surface area contributed by atoms with Crippen molar-refractivity contribution >= 4 is 33.5 Å². The van der Waals surface area contributed by atoms with E-state index in [9.17, 15) is 9.59 Å². The number of amides is 1. The van der Waals surface area contributed by atoms with Gasteiger partial charge >= 0.3 is 5.97 Å². The summed E-state index contributed by atoms with van der Waals surface area (Å²) >= 11 is 3.41. The summed E-state index contributed by atoms with van der Waals surface area (Å²) in [6.45, 7) is 0.491. The van der Waals surface area contributed by atoms with Crippen LogP contribution in [0.5, 0.6) is 0 Å². The minimum Gasteiger partial charge on any atom is -0.462 e. The third-order valence-electron chi connectivity index (χ3n) is 3.08. The molecular formula is C14H16BrNO4. The molecule has 0 unspecified atom stereocenters. The van der Waals surface area contributed by atoms with Crippen LogP contribution in [-0.4, -0.2) is 38.7 Å². The summed E-state index contributed by atoms with van der Waals surface area (Å²) in [6.07, 6.45) is 1.11. The lowest BCUT2D eigenvalue weighted by atomic mass is 10.0. The Morgan fingerprint density at radius 1 is 1.35 bits per heavy atom. The molecule has 1 amide bonds. The molecule has 20 heavy (non-hydrogen) atoms. The van der Waals surface area contributed by atoms with E-state index in [1.807, 2.05) is 18.2 Å². The predicted molar refractivity (Wildman–Crippen MR) is 77.7 cm³/mol. The van der Waals surface area contributed by atoms with E-state index in [0.29, 0.717) is 19.4 Å². The first-order chi connectivity index (χ1) is 9.61. The zero-order valence-corrected chi connectivity index (χ0v) is 12.8. The summed E-state index contributed by atoms with van der Waals surface area (Å²) in [5, 5.41) is 0. The highest BCUT2D eigenvalue weighted by Crippen LogP contribution is 2.30. The van der Waals surface area contributed by atoms with Gasteiger partial charge in [0, 0.05) is 23.7 Å². The topological polar surface area (TPSA) is 55.8 Å². The predicted octanol–water partition coefficient (Wildman–Crippen LogP) is 1.92. The molecule has 0 bridgehead atoms. The molecule has 1 aliphatic heterocycles. The van der Waals surface area contributed by atoms with Gasteiger partial charge in [-0.15, -0.1) is 0 Å². The number of anilines is 1. The number of halogens is 1. The first kappa shape index (κ1) is 15.0.